The van der Waals surface area contributed by atoms with E-state index in [1.807, 2.05) is 103 Å². The first kappa shape index (κ1) is 34.3. The summed E-state index contributed by atoms with van der Waals surface area (Å²) in [6, 6.07) is 34.9. The van der Waals surface area contributed by atoms with Crippen LogP contribution in [0.3, 0.4) is 0 Å². The molecule has 2 heterocycles. The number of primary amides is 1. The highest BCUT2D eigenvalue weighted by Gasteiger charge is 2.13. The summed E-state index contributed by atoms with van der Waals surface area (Å²) >= 11 is 0. The van der Waals surface area contributed by atoms with Crippen LogP contribution in [0.5, 0.6) is 0 Å². The Kier molecular flexibility index (Phi) is 10.9. The molecule has 9 nitrogen and oxygen atoms in total. The number of nitrogens with two attached hydrogens (primary N) is 1. The molecule has 0 saturated carbocycles. The molecule has 4 aromatic carbocycles. The highest BCUT2D eigenvalue weighted by Crippen LogP contribution is 2.33. The Morgan fingerprint density at radius 2 is 1.06 bits per heavy atom. The molecule has 0 atom stereocenters. The molecule has 0 aliphatic heterocycles. The fourth-order valence-electron chi connectivity index (χ4n) is 6.04. The summed E-state index contributed by atoms with van der Waals surface area (Å²) in [7, 11) is 1.64. The third-order valence-corrected chi connectivity index (χ3v) is 8.60. The van der Waals surface area contributed by atoms with Crippen LogP contribution in [0.4, 0.5) is 16.2 Å². The maximum atomic E-state index is 13.3. The number of carbonyl (C=O) groups is 3. The maximum Gasteiger partial charge on any atom is 0.323 e. The van der Waals surface area contributed by atoms with Crippen LogP contribution < -0.4 is 21.7 Å². The van der Waals surface area contributed by atoms with Gasteiger partial charge in [-0.05, 0) is 105 Å². The fourth-order valence-corrected chi connectivity index (χ4v) is 6.04. The van der Waals surface area contributed by atoms with Gasteiger partial charge in [-0.25, -0.2) is 4.79 Å². The molecule has 6 aromatic rings. The van der Waals surface area contributed by atoms with Gasteiger partial charge in [-0.2, -0.15) is 0 Å². The van der Waals surface area contributed by atoms with Crippen LogP contribution in [0.1, 0.15) is 24.0 Å². The number of hydrogen-bond donors (Lipinski definition) is 4. The van der Waals surface area contributed by atoms with Gasteiger partial charge in [0.15, 0.2) is 0 Å². The van der Waals surface area contributed by atoms with E-state index in [2.05, 4.69) is 38.1 Å². The first-order chi connectivity index (χ1) is 24.9. The van der Waals surface area contributed by atoms with Gasteiger partial charge in [0.2, 0.25) is 11.8 Å². The van der Waals surface area contributed by atoms with Crippen LogP contribution in [0.25, 0.3) is 44.5 Å². The molecule has 0 unspecified atom stereocenters. The number of hydrogen-bond acceptors (Lipinski definition) is 5. The van der Waals surface area contributed by atoms with E-state index in [0.29, 0.717) is 30.6 Å². The number of carbonyl (C=O) groups excluding carboxylic acids is 3. The lowest BCUT2D eigenvalue weighted by molar-refractivity contribution is -0.120. The zero-order valence-corrected chi connectivity index (χ0v) is 28.2. The minimum absolute atomic E-state index is 0.0347. The zero-order chi connectivity index (χ0) is 35.6. The van der Waals surface area contributed by atoms with Crippen LogP contribution in [0, 0.1) is 0 Å². The normalized spacial score (nSPS) is 10.7. The van der Waals surface area contributed by atoms with Gasteiger partial charge in [0.1, 0.15) is 0 Å². The van der Waals surface area contributed by atoms with E-state index in [9.17, 15) is 14.4 Å². The number of nitrogens with zero attached hydrogens (tertiary/aromatic N) is 2. The van der Waals surface area contributed by atoms with Crippen molar-refractivity contribution >= 4 is 29.2 Å². The van der Waals surface area contributed by atoms with Crippen LogP contribution in [0.15, 0.2) is 134 Å². The highest BCUT2D eigenvalue weighted by molar-refractivity contribution is 6.00. The molecule has 0 bridgehead atoms. The Morgan fingerprint density at radius 3 is 1.51 bits per heavy atom. The van der Waals surface area contributed by atoms with E-state index in [1.54, 1.807) is 25.6 Å². The van der Waals surface area contributed by atoms with Crippen molar-refractivity contribution in [3.8, 4) is 44.5 Å². The maximum absolute atomic E-state index is 13.3. The SMILES string of the molecule is CNC(=O)CCc1cc(-c2cccnc2)ccc1-c1cccc(NC(=O)Nc2cccc(-c3ccc(-c4cccnc4)cc3CCC(N)=O)c2)c1. The quantitative estimate of drug-likeness (QED) is 0.105. The van der Waals surface area contributed by atoms with Gasteiger partial charge in [-0.15, -0.1) is 0 Å². The molecule has 9 heteroatoms. The van der Waals surface area contributed by atoms with Crippen molar-refractivity contribution in [3.63, 3.8) is 0 Å². The van der Waals surface area contributed by atoms with Gasteiger partial charge >= 0.3 is 6.03 Å². The molecule has 6 rings (SSSR count). The van der Waals surface area contributed by atoms with E-state index >= 15 is 0 Å². The van der Waals surface area contributed by atoms with Crippen molar-refractivity contribution < 1.29 is 14.4 Å². The lowest BCUT2D eigenvalue weighted by Gasteiger charge is -2.15. The fraction of sp³-hybridized carbons (Fsp3) is 0.119. The number of pyridine rings is 2. The van der Waals surface area contributed by atoms with Crippen LogP contribution in [0.2, 0.25) is 0 Å². The largest absolute Gasteiger partial charge is 0.370 e. The zero-order valence-electron chi connectivity index (χ0n) is 28.2. The Labute approximate surface area is 297 Å². The minimum atomic E-state index is -0.392. The van der Waals surface area contributed by atoms with Crippen molar-refractivity contribution in [3.05, 3.63) is 145 Å². The molecule has 0 aliphatic rings. The van der Waals surface area contributed by atoms with Crippen LogP contribution in [-0.4, -0.2) is 34.9 Å². The lowest BCUT2D eigenvalue weighted by atomic mass is 9.92. The predicted octanol–water partition coefficient (Wildman–Crippen LogP) is 7.89. The lowest BCUT2D eigenvalue weighted by Crippen LogP contribution is -2.19. The summed E-state index contributed by atoms with van der Waals surface area (Å²) in [6.45, 7) is 0. The van der Waals surface area contributed by atoms with Crippen molar-refractivity contribution in [1.29, 1.82) is 0 Å². The number of anilines is 2. The van der Waals surface area contributed by atoms with Crippen LogP contribution in [-0.2, 0) is 22.4 Å². The predicted molar refractivity (Wildman–Crippen MR) is 203 cm³/mol. The highest BCUT2D eigenvalue weighted by atomic mass is 16.2. The number of aromatic nitrogens is 2. The van der Waals surface area contributed by atoms with E-state index in [0.717, 1.165) is 55.6 Å². The molecule has 0 fully saturated rings. The van der Waals surface area contributed by atoms with Gasteiger partial charge in [-0.3, -0.25) is 19.6 Å². The molecule has 51 heavy (non-hydrogen) atoms. The van der Waals surface area contributed by atoms with Gasteiger partial charge in [0.25, 0.3) is 0 Å². The molecule has 0 saturated heterocycles. The summed E-state index contributed by atoms with van der Waals surface area (Å²) in [5.74, 6) is -0.404. The van der Waals surface area contributed by atoms with Crippen LogP contribution >= 0.6 is 0 Å². The number of urea groups is 1. The van der Waals surface area contributed by atoms with Gasteiger partial charge in [-0.1, -0.05) is 72.8 Å². The average molecular weight is 675 g/mol. The first-order valence-electron chi connectivity index (χ1n) is 16.7. The smallest absolute Gasteiger partial charge is 0.323 e. The number of nitrogens with one attached hydrogen (secondary N) is 3. The van der Waals surface area contributed by atoms with Crippen molar-refractivity contribution in [2.75, 3.05) is 17.7 Å². The second-order valence-corrected chi connectivity index (χ2v) is 12.1. The Balaban J connectivity index is 1.21. The Bertz CT molecular complexity index is 2170. The van der Waals surface area contributed by atoms with Crippen molar-refractivity contribution in [2.24, 2.45) is 5.73 Å². The first-order valence-corrected chi connectivity index (χ1v) is 16.7. The molecule has 0 aliphatic carbocycles. The van der Waals surface area contributed by atoms with E-state index in [-0.39, 0.29) is 18.2 Å². The third-order valence-electron chi connectivity index (χ3n) is 8.60. The molecule has 4 amide bonds. The third kappa shape index (κ3) is 8.90. The molecule has 0 radical (unpaired) electrons. The second kappa shape index (κ2) is 16.2. The molecule has 2 aromatic heterocycles. The number of amides is 4. The molecular weight excluding hydrogens is 637 g/mol. The van der Waals surface area contributed by atoms with Crippen molar-refractivity contribution in [2.45, 2.75) is 25.7 Å². The Hall–Kier alpha value is -6.61. The summed E-state index contributed by atoms with van der Waals surface area (Å²) in [5, 5.41) is 8.63. The van der Waals surface area contributed by atoms with E-state index in [1.165, 1.54) is 0 Å². The molecule has 5 N–H and O–H groups in total. The van der Waals surface area contributed by atoms with Gasteiger partial charge < -0.3 is 21.7 Å². The summed E-state index contributed by atoms with van der Waals surface area (Å²) in [6.07, 6.45) is 8.68. The standard InChI is InChI=1S/C42H38N6O3/c1-44-41(50)19-15-33-23-29(35-9-5-21-46-27-35)13-17-39(33)31-7-3-11-37(25-31)48-42(51)47-36-10-2-6-30(24-36)38-16-12-28(34-8-4-20-45-26-34)22-32(38)14-18-40(43)49/h2-13,16-17,20-27H,14-15,18-19H2,1H3,(H2,43,49)(H,44,50)(H2,47,48,51). The Morgan fingerprint density at radius 1 is 0.569 bits per heavy atom. The number of benzene rings is 4. The van der Waals surface area contributed by atoms with Gasteiger partial charge in [0.05, 0.1) is 0 Å². The summed E-state index contributed by atoms with van der Waals surface area (Å²) in [4.78, 5) is 45.6. The number of rotatable bonds is 12. The molecule has 0 spiro atoms. The summed E-state index contributed by atoms with van der Waals surface area (Å²) in [5.41, 5.74) is 16.4. The summed E-state index contributed by atoms with van der Waals surface area (Å²) < 4.78 is 0. The molecular formula is C42H38N6O3. The molecule has 254 valence electrons. The van der Waals surface area contributed by atoms with Gasteiger partial charge in [0, 0.05) is 56.1 Å². The average Bonchev–Trinajstić information content (AvgIpc) is 3.16. The van der Waals surface area contributed by atoms with Crippen molar-refractivity contribution in [1.82, 2.24) is 15.3 Å². The monoisotopic (exact) mass is 674 g/mol. The van der Waals surface area contributed by atoms with E-state index < -0.39 is 6.03 Å². The topological polar surface area (TPSA) is 139 Å². The second-order valence-electron chi connectivity index (χ2n) is 12.1. The minimum Gasteiger partial charge on any atom is -0.370 e. The van der Waals surface area contributed by atoms with E-state index in [4.69, 9.17) is 5.73 Å². The number of aryl methyl sites for hydroxylation is 2.